The molecule has 0 aliphatic rings. The number of benzene rings is 1. The third kappa shape index (κ3) is 4.27. The maximum atomic E-state index is 12.1. The fraction of sp³-hybridized carbons (Fsp3) is 0.111. The summed E-state index contributed by atoms with van der Waals surface area (Å²) in [5, 5.41) is 10.2. The molecule has 6 nitrogen and oxygen atoms in total. The summed E-state index contributed by atoms with van der Waals surface area (Å²) in [6, 6.07) is 14.7. The summed E-state index contributed by atoms with van der Waals surface area (Å²) < 4.78 is 1.82. The van der Waals surface area contributed by atoms with E-state index in [1.807, 2.05) is 36.0 Å². The zero-order valence-electron chi connectivity index (χ0n) is 13.6. The normalized spacial score (nSPS) is 11.6. The van der Waals surface area contributed by atoms with Crippen molar-refractivity contribution in [2.24, 2.45) is 0 Å². The number of anilines is 1. The van der Waals surface area contributed by atoms with Crippen LogP contribution in [0.25, 0.3) is 0 Å². The average molecular weight is 351 g/mol. The average Bonchev–Trinajstić information content (AvgIpc) is 3.10. The Morgan fingerprint density at radius 2 is 1.84 bits per heavy atom. The Morgan fingerprint density at radius 3 is 2.56 bits per heavy atom. The van der Waals surface area contributed by atoms with Crippen LogP contribution in [0.4, 0.5) is 5.82 Å². The minimum atomic E-state index is -0.261. The van der Waals surface area contributed by atoms with Crippen molar-refractivity contribution in [2.75, 3.05) is 5.32 Å². The van der Waals surface area contributed by atoms with Gasteiger partial charge in [0.15, 0.2) is 10.9 Å². The number of rotatable bonds is 4. The molecule has 2 heterocycles. The molecule has 2 aromatic heterocycles. The number of hydrogen-bond acceptors (Lipinski definition) is 4. The van der Waals surface area contributed by atoms with Gasteiger partial charge in [0.1, 0.15) is 0 Å². The Bertz CT molecular complexity index is 863. The van der Waals surface area contributed by atoms with Crippen LogP contribution >= 0.6 is 12.2 Å². The molecule has 0 saturated heterocycles. The molecule has 0 radical (unpaired) electrons. The number of aromatic nitrogens is 3. The van der Waals surface area contributed by atoms with Crippen LogP contribution in [-0.4, -0.2) is 25.8 Å². The van der Waals surface area contributed by atoms with Crippen LogP contribution in [0.3, 0.4) is 0 Å². The highest BCUT2D eigenvalue weighted by atomic mass is 32.1. The van der Waals surface area contributed by atoms with Gasteiger partial charge in [0, 0.05) is 30.2 Å². The number of thiocarbonyl (C=S) groups is 1. The molecule has 0 aliphatic heterocycles. The first-order valence-electron chi connectivity index (χ1n) is 7.76. The van der Waals surface area contributed by atoms with Crippen LogP contribution < -0.4 is 10.6 Å². The van der Waals surface area contributed by atoms with E-state index in [4.69, 9.17) is 12.2 Å². The molecule has 7 heteroatoms. The minimum absolute atomic E-state index is 0.0611. The lowest BCUT2D eigenvalue weighted by Gasteiger charge is -2.12. The first-order valence-corrected chi connectivity index (χ1v) is 8.17. The fourth-order valence-corrected chi connectivity index (χ4v) is 2.52. The van der Waals surface area contributed by atoms with Crippen molar-refractivity contribution < 1.29 is 4.79 Å². The van der Waals surface area contributed by atoms with Crippen molar-refractivity contribution in [3.05, 3.63) is 78.2 Å². The largest absolute Gasteiger partial charge is 0.316 e. The monoisotopic (exact) mass is 351 g/mol. The van der Waals surface area contributed by atoms with Crippen LogP contribution in [0, 0.1) is 0 Å². The number of amides is 1. The van der Waals surface area contributed by atoms with Gasteiger partial charge in [-0.05, 0) is 49.0 Å². The maximum Gasteiger partial charge on any atom is 0.257 e. The van der Waals surface area contributed by atoms with Crippen molar-refractivity contribution >= 4 is 29.1 Å². The van der Waals surface area contributed by atoms with Gasteiger partial charge in [-0.3, -0.25) is 19.8 Å². The lowest BCUT2D eigenvalue weighted by Crippen LogP contribution is -2.34. The molecule has 0 bridgehead atoms. The Kier molecular flexibility index (Phi) is 5.15. The van der Waals surface area contributed by atoms with Crippen LogP contribution in [0.1, 0.15) is 28.9 Å². The summed E-state index contributed by atoms with van der Waals surface area (Å²) >= 11 is 5.18. The fourth-order valence-electron chi connectivity index (χ4n) is 2.33. The van der Waals surface area contributed by atoms with Crippen molar-refractivity contribution in [1.29, 1.82) is 0 Å². The second kappa shape index (κ2) is 7.67. The maximum absolute atomic E-state index is 12.1. The zero-order chi connectivity index (χ0) is 17.6. The molecular formula is C18H17N5OS. The van der Waals surface area contributed by atoms with E-state index in [9.17, 15) is 4.79 Å². The Balaban J connectivity index is 1.61. The molecule has 3 rings (SSSR count). The van der Waals surface area contributed by atoms with Gasteiger partial charge in [-0.25, -0.2) is 0 Å². The van der Waals surface area contributed by atoms with Crippen LogP contribution in [0.15, 0.2) is 67.1 Å². The lowest BCUT2D eigenvalue weighted by atomic mass is 10.1. The summed E-state index contributed by atoms with van der Waals surface area (Å²) in [5.74, 6) is 0.307. The van der Waals surface area contributed by atoms with Gasteiger partial charge in [0.25, 0.3) is 5.91 Å². The molecule has 126 valence electrons. The van der Waals surface area contributed by atoms with E-state index in [2.05, 4.69) is 20.7 Å². The second-order valence-corrected chi connectivity index (χ2v) is 5.82. The van der Waals surface area contributed by atoms with Gasteiger partial charge < -0.3 is 5.32 Å². The van der Waals surface area contributed by atoms with Gasteiger partial charge in [0.2, 0.25) is 0 Å². The molecule has 0 aliphatic carbocycles. The summed E-state index contributed by atoms with van der Waals surface area (Å²) in [7, 11) is 0. The minimum Gasteiger partial charge on any atom is -0.316 e. The molecule has 1 aromatic carbocycles. The molecule has 0 spiro atoms. The quantitative estimate of drug-likeness (QED) is 0.707. The van der Waals surface area contributed by atoms with E-state index >= 15 is 0 Å². The number of hydrogen-bond donors (Lipinski definition) is 2. The molecular weight excluding hydrogens is 334 g/mol. The third-order valence-electron chi connectivity index (χ3n) is 3.70. The summed E-state index contributed by atoms with van der Waals surface area (Å²) in [6.07, 6.45) is 5.36. The van der Waals surface area contributed by atoms with Crippen LogP contribution in [-0.2, 0) is 0 Å². The first-order chi connectivity index (χ1) is 12.1. The van der Waals surface area contributed by atoms with Crippen molar-refractivity contribution in [2.45, 2.75) is 13.0 Å². The molecule has 1 amide bonds. The highest BCUT2D eigenvalue weighted by molar-refractivity contribution is 7.80. The summed E-state index contributed by atoms with van der Waals surface area (Å²) in [4.78, 5) is 16.1. The SMILES string of the molecule is CC(c1ccncc1)n1ccc(NC(=S)NC(=O)c2ccccc2)n1. The summed E-state index contributed by atoms with van der Waals surface area (Å²) in [6.45, 7) is 2.04. The second-order valence-electron chi connectivity index (χ2n) is 5.41. The Morgan fingerprint density at radius 1 is 1.12 bits per heavy atom. The van der Waals surface area contributed by atoms with Crippen molar-refractivity contribution in [3.63, 3.8) is 0 Å². The predicted octanol–water partition coefficient (Wildman–Crippen LogP) is 3.01. The van der Waals surface area contributed by atoms with E-state index in [0.717, 1.165) is 5.56 Å². The predicted molar refractivity (Wildman–Crippen MR) is 100 cm³/mol. The number of nitrogens with zero attached hydrogens (tertiary/aromatic N) is 3. The van der Waals surface area contributed by atoms with E-state index < -0.39 is 0 Å². The lowest BCUT2D eigenvalue weighted by molar-refractivity contribution is 0.0977. The highest BCUT2D eigenvalue weighted by Crippen LogP contribution is 2.17. The number of nitrogens with one attached hydrogen (secondary N) is 2. The van der Waals surface area contributed by atoms with Gasteiger partial charge in [-0.2, -0.15) is 5.10 Å². The van der Waals surface area contributed by atoms with Crippen LogP contribution in [0.2, 0.25) is 0 Å². The van der Waals surface area contributed by atoms with E-state index in [-0.39, 0.29) is 17.1 Å². The molecule has 3 aromatic rings. The van der Waals surface area contributed by atoms with Gasteiger partial charge in [-0.1, -0.05) is 18.2 Å². The van der Waals surface area contributed by atoms with Gasteiger partial charge in [-0.15, -0.1) is 0 Å². The van der Waals surface area contributed by atoms with Crippen LogP contribution in [0.5, 0.6) is 0 Å². The molecule has 25 heavy (non-hydrogen) atoms. The Labute approximate surface area is 150 Å². The smallest absolute Gasteiger partial charge is 0.257 e. The summed E-state index contributed by atoms with van der Waals surface area (Å²) in [5.41, 5.74) is 1.65. The standard InChI is InChI=1S/C18H17N5OS/c1-13(14-7-10-19-11-8-14)23-12-9-16(22-23)20-18(25)21-17(24)15-5-3-2-4-6-15/h2-13H,1H3,(H2,20,21,22,24,25). The third-order valence-corrected chi connectivity index (χ3v) is 3.90. The molecule has 0 saturated carbocycles. The molecule has 2 N–H and O–H groups in total. The number of carbonyl (C=O) groups excluding carboxylic acids is 1. The van der Waals surface area contributed by atoms with E-state index in [1.54, 1.807) is 42.7 Å². The molecule has 1 atom stereocenters. The van der Waals surface area contributed by atoms with Crippen molar-refractivity contribution in [3.8, 4) is 0 Å². The molecule has 0 fully saturated rings. The topological polar surface area (TPSA) is 71.8 Å². The number of carbonyl (C=O) groups is 1. The number of pyridine rings is 1. The van der Waals surface area contributed by atoms with E-state index in [0.29, 0.717) is 11.4 Å². The van der Waals surface area contributed by atoms with Gasteiger partial charge in [0.05, 0.1) is 6.04 Å². The van der Waals surface area contributed by atoms with Gasteiger partial charge >= 0.3 is 0 Å². The zero-order valence-corrected chi connectivity index (χ0v) is 14.4. The van der Waals surface area contributed by atoms with E-state index in [1.165, 1.54) is 0 Å². The Hall–Kier alpha value is -3.06. The first kappa shape index (κ1) is 16.8. The highest BCUT2D eigenvalue weighted by Gasteiger charge is 2.11. The molecule has 1 unspecified atom stereocenters. The van der Waals surface area contributed by atoms with Crippen molar-refractivity contribution in [1.82, 2.24) is 20.1 Å².